The molecule has 0 saturated heterocycles. The first-order valence-electron chi connectivity index (χ1n) is 8.23. The van der Waals surface area contributed by atoms with Gasteiger partial charge in [-0.05, 0) is 67.7 Å². The fourth-order valence-corrected chi connectivity index (χ4v) is 3.64. The van der Waals surface area contributed by atoms with Crippen LogP contribution in [-0.2, 0) is 0 Å². The summed E-state index contributed by atoms with van der Waals surface area (Å²) < 4.78 is 0. The molecule has 0 atom stereocenters. The van der Waals surface area contributed by atoms with Gasteiger partial charge in [-0.15, -0.1) is 0 Å². The number of anilines is 2. The fraction of sp³-hybridized carbons (Fsp3) is 0.0476. The molecule has 2 N–H and O–H groups in total. The highest BCUT2D eigenvalue weighted by atomic mass is 35.5. The summed E-state index contributed by atoms with van der Waals surface area (Å²) in [4.78, 5) is 13.7. The van der Waals surface area contributed by atoms with Crippen LogP contribution in [0.25, 0.3) is 0 Å². The summed E-state index contributed by atoms with van der Waals surface area (Å²) in [6.07, 6.45) is 0. The van der Waals surface area contributed by atoms with E-state index in [1.54, 1.807) is 30.8 Å². The van der Waals surface area contributed by atoms with Crippen molar-refractivity contribution in [2.24, 2.45) is 0 Å². The minimum absolute atomic E-state index is 0.0160. The number of carbonyl (C=O) groups is 1. The summed E-state index contributed by atoms with van der Waals surface area (Å²) in [7, 11) is 0. The highest BCUT2D eigenvalue weighted by Crippen LogP contribution is 2.34. The molecule has 3 nitrogen and oxygen atoms in total. The van der Waals surface area contributed by atoms with Crippen LogP contribution in [0.15, 0.2) is 82.6 Å². The van der Waals surface area contributed by atoms with Gasteiger partial charge in [-0.25, -0.2) is 0 Å². The highest BCUT2D eigenvalue weighted by Gasteiger charge is 2.07. The van der Waals surface area contributed by atoms with Gasteiger partial charge in [0.25, 0.3) is 0 Å². The Labute approximate surface area is 173 Å². The monoisotopic (exact) mass is 412 g/mol. The number of hydrogen-bond acceptors (Lipinski definition) is 3. The molecular formula is C21H17ClN2OS2. The molecule has 0 heterocycles. The summed E-state index contributed by atoms with van der Waals surface area (Å²) in [5.41, 5.74) is 2.31. The molecule has 3 rings (SSSR count). The van der Waals surface area contributed by atoms with Crippen LogP contribution in [0.1, 0.15) is 17.3 Å². The zero-order chi connectivity index (χ0) is 19.2. The van der Waals surface area contributed by atoms with E-state index in [2.05, 4.69) is 10.6 Å². The minimum Gasteiger partial charge on any atom is -0.332 e. The van der Waals surface area contributed by atoms with Crippen molar-refractivity contribution in [1.29, 1.82) is 0 Å². The van der Waals surface area contributed by atoms with Gasteiger partial charge in [-0.1, -0.05) is 47.6 Å². The number of nitrogens with one attached hydrogen (secondary N) is 2. The molecule has 0 fully saturated rings. The van der Waals surface area contributed by atoms with Gasteiger partial charge in [0.05, 0.1) is 5.69 Å². The molecule has 3 aromatic carbocycles. The van der Waals surface area contributed by atoms with E-state index in [4.69, 9.17) is 23.8 Å². The SMILES string of the molecule is CC(=O)c1cccc(NC(=S)Nc2ccccc2Sc2ccc(Cl)cc2)c1. The van der Waals surface area contributed by atoms with Crippen molar-refractivity contribution in [3.05, 3.63) is 83.4 Å². The maximum atomic E-state index is 11.5. The van der Waals surface area contributed by atoms with Gasteiger partial charge in [-0.3, -0.25) is 4.79 Å². The molecule has 0 radical (unpaired) electrons. The lowest BCUT2D eigenvalue weighted by molar-refractivity contribution is 0.101. The first-order chi connectivity index (χ1) is 13.0. The predicted molar refractivity (Wildman–Crippen MR) is 118 cm³/mol. The number of carbonyl (C=O) groups excluding carboxylic acids is 1. The van der Waals surface area contributed by atoms with Crippen molar-refractivity contribution in [3.8, 4) is 0 Å². The minimum atomic E-state index is 0.0160. The zero-order valence-corrected chi connectivity index (χ0v) is 16.9. The van der Waals surface area contributed by atoms with Crippen molar-refractivity contribution in [2.45, 2.75) is 16.7 Å². The molecule has 6 heteroatoms. The number of halogens is 1. The lowest BCUT2D eigenvalue weighted by Crippen LogP contribution is -2.19. The standard InChI is InChI=1S/C21H17ClN2OS2/c1-14(25)15-5-4-6-17(13-15)23-21(26)24-19-7-2-3-8-20(19)27-18-11-9-16(22)10-12-18/h2-13H,1H3,(H2,23,24,26). The molecule has 0 saturated carbocycles. The summed E-state index contributed by atoms with van der Waals surface area (Å²) in [5, 5.41) is 7.52. The summed E-state index contributed by atoms with van der Waals surface area (Å²) in [5.74, 6) is 0.0160. The van der Waals surface area contributed by atoms with E-state index in [0.29, 0.717) is 15.7 Å². The first-order valence-corrected chi connectivity index (χ1v) is 9.83. The largest absolute Gasteiger partial charge is 0.332 e. The Morgan fingerprint density at radius 1 is 0.963 bits per heavy atom. The third-order valence-corrected chi connectivity index (χ3v) is 5.24. The van der Waals surface area contributed by atoms with E-state index in [1.165, 1.54) is 0 Å². The molecule has 3 aromatic rings. The summed E-state index contributed by atoms with van der Waals surface area (Å²) in [6, 6.07) is 22.9. The van der Waals surface area contributed by atoms with Crippen LogP contribution >= 0.6 is 35.6 Å². The van der Waals surface area contributed by atoms with Gasteiger partial charge in [0, 0.05) is 26.1 Å². The van der Waals surface area contributed by atoms with Crippen LogP contribution in [0.5, 0.6) is 0 Å². The van der Waals surface area contributed by atoms with Crippen molar-refractivity contribution in [3.63, 3.8) is 0 Å². The molecule has 0 spiro atoms. The Balaban J connectivity index is 1.72. The predicted octanol–water partition coefficient (Wildman–Crippen LogP) is 6.50. The lowest BCUT2D eigenvalue weighted by Gasteiger charge is -2.14. The van der Waals surface area contributed by atoms with E-state index in [1.807, 2.05) is 60.7 Å². The van der Waals surface area contributed by atoms with Crippen molar-refractivity contribution >= 4 is 57.9 Å². The summed E-state index contributed by atoms with van der Waals surface area (Å²) >= 11 is 13.0. The number of Topliss-reactive ketones (excluding diaryl/α,β-unsaturated/α-hetero) is 1. The Hall–Kier alpha value is -2.34. The average Bonchev–Trinajstić information content (AvgIpc) is 2.65. The maximum absolute atomic E-state index is 11.5. The highest BCUT2D eigenvalue weighted by molar-refractivity contribution is 7.99. The second kappa shape index (κ2) is 9.04. The Morgan fingerprint density at radius 3 is 2.44 bits per heavy atom. The normalized spacial score (nSPS) is 10.3. The van der Waals surface area contributed by atoms with E-state index < -0.39 is 0 Å². The summed E-state index contributed by atoms with van der Waals surface area (Å²) in [6.45, 7) is 1.54. The van der Waals surface area contributed by atoms with Crippen molar-refractivity contribution in [2.75, 3.05) is 10.6 Å². The van der Waals surface area contributed by atoms with E-state index in [9.17, 15) is 4.79 Å². The molecule has 0 aliphatic heterocycles. The molecule has 0 aliphatic rings. The fourth-order valence-electron chi connectivity index (χ4n) is 2.39. The zero-order valence-electron chi connectivity index (χ0n) is 14.5. The van der Waals surface area contributed by atoms with Crippen LogP contribution in [0.4, 0.5) is 11.4 Å². The lowest BCUT2D eigenvalue weighted by atomic mass is 10.1. The van der Waals surface area contributed by atoms with Crippen LogP contribution in [0.3, 0.4) is 0 Å². The number of rotatable bonds is 5. The Kier molecular flexibility index (Phi) is 6.50. The van der Waals surface area contributed by atoms with Gasteiger partial charge >= 0.3 is 0 Å². The first kappa shape index (κ1) is 19.4. The smallest absolute Gasteiger partial charge is 0.175 e. The van der Waals surface area contributed by atoms with Gasteiger partial charge in [0.1, 0.15) is 0 Å². The van der Waals surface area contributed by atoms with Crippen LogP contribution < -0.4 is 10.6 Å². The van der Waals surface area contributed by atoms with Crippen molar-refractivity contribution in [1.82, 2.24) is 0 Å². The van der Waals surface area contributed by atoms with Gasteiger partial charge < -0.3 is 10.6 Å². The average molecular weight is 413 g/mol. The number of ketones is 1. The van der Waals surface area contributed by atoms with E-state index >= 15 is 0 Å². The molecule has 0 aliphatic carbocycles. The van der Waals surface area contributed by atoms with Gasteiger partial charge in [-0.2, -0.15) is 0 Å². The number of para-hydroxylation sites is 1. The third kappa shape index (κ3) is 5.57. The second-order valence-electron chi connectivity index (χ2n) is 5.77. The Bertz CT molecular complexity index is 974. The molecule has 0 amide bonds. The molecular weight excluding hydrogens is 396 g/mol. The van der Waals surface area contributed by atoms with Gasteiger partial charge in [0.2, 0.25) is 0 Å². The Morgan fingerprint density at radius 2 is 1.70 bits per heavy atom. The third-order valence-electron chi connectivity index (χ3n) is 3.70. The molecule has 0 unspecified atom stereocenters. The molecule has 136 valence electrons. The van der Waals surface area contributed by atoms with E-state index in [-0.39, 0.29) is 5.78 Å². The molecule has 0 bridgehead atoms. The number of hydrogen-bond donors (Lipinski definition) is 2. The number of thiocarbonyl (C=S) groups is 1. The topological polar surface area (TPSA) is 41.1 Å². The molecule has 0 aromatic heterocycles. The van der Waals surface area contributed by atoms with E-state index in [0.717, 1.165) is 21.2 Å². The van der Waals surface area contributed by atoms with Crippen LogP contribution in [0.2, 0.25) is 5.02 Å². The quantitative estimate of drug-likeness (QED) is 0.369. The van der Waals surface area contributed by atoms with Crippen LogP contribution in [0, 0.1) is 0 Å². The second-order valence-corrected chi connectivity index (χ2v) is 7.73. The molecule has 27 heavy (non-hydrogen) atoms. The van der Waals surface area contributed by atoms with Gasteiger partial charge in [0.15, 0.2) is 10.9 Å². The van der Waals surface area contributed by atoms with Crippen molar-refractivity contribution < 1.29 is 4.79 Å². The maximum Gasteiger partial charge on any atom is 0.175 e. The number of benzene rings is 3. The van der Waals surface area contributed by atoms with Crippen LogP contribution in [-0.4, -0.2) is 10.9 Å².